The molecule has 10 nitrogen and oxygen atoms in total. The highest BCUT2D eigenvalue weighted by molar-refractivity contribution is 5.90. The minimum atomic E-state index is -1.45. The lowest BCUT2D eigenvalue weighted by molar-refractivity contribution is -0.149. The molecule has 2 amide bonds. The molecule has 0 aliphatic rings. The molecule has 0 spiro atoms. The smallest absolute Gasteiger partial charge is 0.408 e. The maximum atomic E-state index is 12.5. The molecule has 0 aliphatic carbocycles. The van der Waals surface area contributed by atoms with E-state index in [4.69, 9.17) is 9.47 Å². The molecule has 0 aliphatic heterocycles. The monoisotopic (exact) mass is 424 g/mol. The first-order chi connectivity index (χ1) is 14.1. The van der Waals surface area contributed by atoms with Crippen LogP contribution >= 0.6 is 0 Å². The molecule has 0 bridgehead atoms. The Labute approximate surface area is 174 Å². The summed E-state index contributed by atoms with van der Waals surface area (Å²) in [5, 5.41) is 23.7. The van der Waals surface area contributed by atoms with Crippen LogP contribution in [0.15, 0.2) is 30.3 Å². The molecule has 0 fully saturated rings. The first-order valence-corrected chi connectivity index (χ1v) is 9.50. The van der Waals surface area contributed by atoms with Gasteiger partial charge in [0.25, 0.3) is 0 Å². The van der Waals surface area contributed by atoms with E-state index in [9.17, 15) is 29.4 Å². The van der Waals surface area contributed by atoms with E-state index in [1.807, 2.05) is 0 Å². The fourth-order valence-electron chi connectivity index (χ4n) is 2.51. The topological polar surface area (TPSA) is 151 Å². The van der Waals surface area contributed by atoms with Crippen LogP contribution in [0, 0.1) is 5.92 Å². The van der Waals surface area contributed by atoms with Crippen molar-refractivity contribution in [3.05, 3.63) is 35.9 Å². The predicted octanol–water partition coefficient (Wildman–Crippen LogP) is 0.821. The Balaban J connectivity index is 2.70. The maximum Gasteiger partial charge on any atom is 0.408 e. The Morgan fingerprint density at radius 3 is 2.20 bits per heavy atom. The third-order valence-corrected chi connectivity index (χ3v) is 4.14. The van der Waals surface area contributed by atoms with Crippen molar-refractivity contribution in [2.24, 2.45) is 5.92 Å². The van der Waals surface area contributed by atoms with E-state index < -0.39 is 48.0 Å². The Morgan fingerprint density at radius 2 is 1.67 bits per heavy atom. The number of hydrogen-bond acceptors (Lipinski definition) is 7. The zero-order chi connectivity index (χ0) is 22.7. The fraction of sp³-hybridized carbons (Fsp3) is 0.500. The van der Waals surface area contributed by atoms with Crippen molar-refractivity contribution in [1.29, 1.82) is 0 Å². The van der Waals surface area contributed by atoms with Gasteiger partial charge in [-0.25, -0.2) is 9.59 Å². The number of carboxylic acids is 1. The average Bonchev–Trinajstić information content (AvgIpc) is 2.70. The number of alkyl carbamates (subject to hydrolysis) is 1. The van der Waals surface area contributed by atoms with Crippen LogP contribution in [0.25, 0.3) is 0 Å². The van der Waals surface area contributed by atoms with Gasteiger partial charge in [0, 0.05) is 0 Å². The summed E-state index contributed by atoms with van der Waals surface area (Å²) in [6.45, 7) is 4.46. The lowest BCUT2D eigenvalue weighted by atomic mass is 10.0. The molecule has 1 rings (SSSR count). The Kier molecular flexibility index (Phi) is 10.3. The minimum Gasteiger partial charge on any atom is -0.480 e. The summed E-state index contributed by atoms with van der Waals surface area (Å²) in [4.78, 5) is 47.7. The minimum absolute atomic E-state index is 0.0460. The van der Waals surface area contributed by atoms with E-state index in [0.717, 1.165) is 5.56 Å². The highest BCUT2D eigenvalue weighted by Crippen LogP contribution is 2.10. The first-order valence-electron chi connectivity index (χ1n) is 9.50. The van der Waals surface area contributed by atoms with Gasteiger partial charge in [-0.1, -0.05) is 37.3 Å². The number of carbonyl (C=O) groups excluding carboxylic acids is 3. The number of hydrogen-bond donors (Lipinski definition) is 4. The van der Waals surface area contributed by atoms with Gasteiger partial charge in [-0.2, -0.15) is 0 Å². The summed E-state index contributed by atoms with van der Waals surface area (Å²) >= 11 is 0. The summed E-state index contributed by atoms with van der Waals surface area (Å²) in [6, 6.07) is 5.97. The third kappa shape index (κ3) is 8.48. The molecular formula is C20H28N2O8. The largest absolute Gasteiger partial charge is 0.480 e. The van der Waals surface area contributed by atoms with Gasteiger partial charge >= 0.3 is 18.0 Å². The summed E-state index contributed by atoms with van der Waals surface area (Å²) in [7, 11) is 0. The first kappa shape index (κ1) is 24.9. The van der Waals surface area contributed by atoms with E-state index >= 15 is 0 Å². The number of esters is 1. The molecule has 1 aromatic carbocycles. The molecule has 0 unspecified atom stereocenters. The summed E-state index contributed by atoms with van der Waals surface area (Å²) in [6.07, 6.45) is -2.50. The highest BCUT2D eigenvalue weighted by Gasteiger charge is 2.32. The van der Waals surface area contributed by atoms with E-state index in [1.165, 1.54) is 13.8 Å². The van der Waals surface area contributed by atoms with Crippen LogP contribution in [-0.4, -0.2) is 58.9 Å². The van der Waals surface area contributed by atoms with Crippen molar-refractivity contribution >= 4 is 23.9 Å². The van der Waals surface area contributed by atoms with Gasteiger partial charge in [0.1, 0.15) is 18.7 Å². The van der Waals surface area contributed by atoms with Crippen LogP contribution in [0.2, 0.25) is 0 Å². The van der Waals surface area contributed by atoms with Crippen LogP contribution in [0.5, 0.6) is 0 Å². The number of aliphatic carboxylic acids is 1. The zero-order valence-electron chi connectivity index (χ0n) is 17.2. The maximum absolute atomic E-state index is 12.5. The van der Waals surface area contributed by atoms with Crippen LogP contribution in [0.4, 0.5) is 4.79 Å². The second kappa shape index (κ2) is 12.4. The van der Waals surface area contributed by atoms with Crippen molar-refractivity contribution in [3.63, 3.8) is 0 Å². The normalized spacial score (nSPS) is 14.5. The summed E-state index contributed by atoms with van der Waals surface area (Å²) < 4.78 is 9.85. The SMILES string of the molecule is CCOC(=O)[C@@H](C)C[C@H](NC(=O)[C@@H](NC(=O)OCc1ccccc1)[C@@H](C)O)C(=O)O. The number of aliphatic hydroxyl groups excluding tert-OH is 1. The van der Waals surface area contributed by atoms with Gasteiger partial charge in [0.2, 0.25) is 5.91 Å². The molecule has 10 heteroatoms. The Hall–Kier alpha value is -3.14. The second-order valence-electron chi connectivity index (χ2n) is 6.71. The van der Waals surface area contributed by atoms with Gasteiger partial charge in [0.15, 0.2) is 0 Å². The number of aliphatic hydroxyl groups is 1. The van der Waals surface area contributed by atoms with Crippen LogP contribution in [0.1, 0.15) is 32.8 Å². The molecule has 0 heterocycles. The van der Waals surface area contributed by atoms with Crippen LogP contribution in [-0.2, 0) is 30.5 Å². The third-order valence-electron chi connectivity index (χ3n) is 4.14. The molecule has 0 aromatic heterocycles. The summed E-state index contributed by atoms with van der Waals surface area (Å²) in [5.41, 5.74) is 0.726. The lowest BCUT2D eigenvalue weighted by Gasteiger charge is -2.24. The Morgan fingerprint density at radius 1 is 1.03 bits per heavy atom. The quantitative estimate of drug-likeness (QED) is 0.381. The number of carbonyl (C=O) groups is 4. The average molecular weight is 424 g/mol. The zero-order valence-corrected chi connectivity index (χ0v) is 17.2. The fourth-order valence-corrected chi connectivity index (χ4v) is 2.51. The number of carboxylic acid groups (broad SMARTS) is 1. The Bertz CT molecular complexity index is 723. The lowest BCUT2D eigenvalue weighted by Crippen LogP contribution is -2.56. The number of ether oxygens (including phenoxy) is 2. The van der Waals surface area contributed by atoms with E-state index in [1.54, 1.807) is 37.3 Å². The van der Waals surface area contributed by atoms with Crippen LogP contribution in [0.3, 0.4) is 0 Å². The van der Waals surface area contributed by atoms with E-state index in [2.05, 4.69) is 10.6 Å². The van der Waals surface area contributed by atoms with E-state index in [0.29, 0.717) is 0 Å². The molecule has 0 radical (unpaired) electrons. The van der Waals surface area contributed by atoms with Crippen molar-refractivity contribution in [2.45, 2.75) is 52.0 Å². The van der Waals surface area contributed by atoms with Crippen LogP contribution < -0.4 is 10.6 Å². The molecular weight excluding hydrogens is 396 g/mol. The van der Waals surface area contributed by atoms with Crippen molar-refractivity contribution in [2.75, 3.05) is 6.61 Å². The molecule has 30 heavy (non-hydrogen) atoms. The van der Waals surface area contributed by atoms with Crippen molar-refractivity contribution in [1.82, 2.24) is 10.6 Å². The van der Waals surface area contributed by atoms with Crippen molar-refractivity contribution in [3.8, 4) is 0 Å². The number of rotatable bonds is 11. The van der Waals surface area contributed by atoms with Crippen molar-refractivity contribution < 1.29 is 38.9 Å². The molecule has 166 valence electrons. The van der Waals surface area contributed by atoms with Gasteiger partial charge in [-0.3, -0.25) is 9.59 Å². The standard InChI is InChI=1S/C20H28N2O8/c1-4-29-19(27)12(2)10-15(18(25)26)21-17(24)16(13(3)23)22-20(28)30-11-14-8-6-5-7-9-14/h5-9,12-13,15-16,23H,4,10-11H2,1-3H3,(H,21,24)(H,22,28)(H,25,26)/t12-,13+,15-,16-/m0/s1. The molecule has 4 atom stereocenters. The van der Waals surface area contributed by atoms with Gasteiger partial charge in [-0.15, -0.1) is 0 Å². The highest BCUT2D eigenvalue weighted by atomic mass is 16.5. The number of benzene rings is 1. The molecule has 1 aromatic rings. The summed E-state index contributed by atoms with van der Waals surface area (Å²) in [5.74, 6) is -3.66. The number of amides is 2. The molecule has 0 saturated carbocycles. The van der Waals surface area contributed by atoms with Gasteiger partial charge < -0.3 is 30.3 Å². The molecule has 0 saturated heterocycles. The number of nitrogens with one attached hydrogen (secondary N) is 2. The van der Waals surface area contributed by atoms with Gasteiger partial charge in [-0.05, 0) is 25.8 Å². The predicted molar refractivity (Wildman–Crippen MR) is 105 cm³/mol. The van der Waals surface area contributed by atoms with E-state index in [-0.39, 0.29) is 19.6 Å². The molecule has 4 N–H and O–H groups in total. The second-order valence-corrected chi connectivity index (χ2v) is 6.71. The van der Waals surface area contributed by atoms with Gasteiger partial charge in [0.05, 0.1) is 18.6 Å².